The molecule has 4 rings (SSSR count). The number of sulfonamides is 1. The standard InChI is InChI=1S/C31H33N3O5S/c1-31(2,3)34-40(37,38)28-19-11-16-24-25(28)17-10-18-26(24)32-29(35)27(20-22-12-6-4-7-13-22)33-30(36)39-21-23-14-8-5-9-15-23/h4-19,27,34H,20-21H2,1-3H3,(H,32,35)(H,33,36)/t27-/m0/s1. The second-order valence-corrected chi connectivity index (χ2v) is 12.1. The zero-order valence-corrected chi connectivity index (χ0v) is 23.5. The Balaban J connectivity index is 1.58. The summed E-state index contributed by atoms with van der Waals surface area (Å²) in [4.78, 5) is 26.3. The summed E-state index contributed by atoms with van der Waals surface area (Å²) in [5.41, 5.74) is 1.43. The van der Waals surface area contributed by atoms with E-state index in [1.807, 2.05) is 60.7 Å². The van der Waals surface area contributed by atoms with Crippen LogP contribution >= 0.6 is 0 Å². The van der Waals surface area contributed by atoms with E-state index >= 15 is 0 Å². The molecule has 40 heavy (non-hydrogen) atoms. The minimum Gasteiger partial charge on any atom is -0.445 e. The number of hydrogen-bond acceptors (Lipinski definition) is 5. The molecule has 0 heterocycles. The van der Waals surface area contributed by atoms with Gasteiger partial charge in [-0.3, -0.25) is 4.79 Å². The van der Waals surface area contributed by atoms with Crippen molar-refractivity contribution in [2.45, 2.75) is 50.3 Å². The smallest absolute Gasteiger partial charge is 0.408 e. The van der Waals surface area contributed by atoms with Gasteiger partial charge in [-0.2, -0.15) is 0 Å². The van der Waals surface area contributed by atoms with Crippen molar-refractivity contribution in [3.8, 4) is 0 Å². The van der Waals surface area contributed by atoms with E-state index in [2.05, 4.69) is 15.4 Å². The minimum absolute atomic E-state index is 0.0650. The predicted molar refractivity (Wildman–Crippen MR) is 156 cm³/mol. The van der Waals surface area contributed by atoms with E-state index in [0.717, 1.165) is 11.1 Å². The number of hydrogen-bond donors (Lipinski definition) is 3. The van der Waals surface area contributed by atoms with Gasteiger partial charge in [-0.05, 0) is 44.0 Å². The fourth-order valence-corrected chi connectivity index (χ4v) is 5.91. The van der Waals surface area contributed by atoms with E-state index in [-0.39, 0.29) is 17.9 Å². The molecule has 0 aromatic heterocycles. The van der Waals surface area contributed by atoms with Crippen molar-refractivity contribution >= 4 is 38.5 Å². The van der Waals surface area contributed by atoms with E-state index in [0.29, 0.717) is 16.5 Å². The first-order valence-electron chi connectivity index (χ1n) is 12.9. The van der Waals surface area contributed by atoms with Gasteiger partial charge in [0.2, 0.25) is 15.9 Å². The number of carbonyl (C=O) groups is 2. The predicted octanol–water partition coefficient (Wildman–Crippen LogP) is 5.39. The SMILES string of the molecule is CC(C)(C)NS(=O)(=O)c1cccc2c(NC(=O)[C@H](Cc3ccccc3)NC(=O)OCc3ccccc3)cccc12. The van der Waals surface area contributed by atoms with Crippen molar-refractivity contribution in [3.63, 3.8) is 0 Å². The summed E-state index contributed by atoms with van der Waals surface area (Å²) in [5.74, 6) is -0.464. The highest BCUT2D eigenvalue weighted by atomic mass is 32.2. The summed E-state index contributed by atoms with van der Waals surface area (Å²) in [6.45, 7) is 5.37. The minimum atomic E-state index is -3.83. The second-order valence-electron chi connectivity index (χ2n) is 10.4. The van der Waals surface area contributed by atoms with Crippen LogP contribution in [0.4, 0.5) is 10.5 Å². The Morgan fingerprint density at radius 3 is 2.02 bits per heavy atom. The number of fused-ring (bicyclic) bond motifs is 1. The number of benzene rings is 4. The summed E-state index contributed by atoms with van der Waals surface area (Å²) in [6.07, 6.45) is -0.494. The van der Waals surface area contributed by atoms with Gasteiger partial charge in [-0.25, -0.2) is 17.9 Å². The summed E-state index contributed by atoms with van der Waals surface area (Å²) in [5, 5.41) is 6.59. The molecule has 0 saturated heterocycles. The van der Waals surface area contributed by atoms with Crippen LogP contribution in [0.5, 0.6) is 0 Å². The topological polar surface area (TPSA) is 114 Å². The molecule has 2 amide bonds. The first kappa shape index (κ1) is 28.8. The molecule has 0 radical (unpaired) electrons. The van der Waals surface area contributed by atoms with Crippen LogP contribution < -0.4 is 15.4 Å². The first-order valence-corrected chi connectivity index (χ1v) is 14.4. The van der Waals surface area contributed by atoms with Crippen LogP contribution in [0.15, 0.2) is 102 Å². The molecular weight excluding hydrogens is 526 g/mol. The normalized spacial score (nSPS) is 12.5. The third kappa shape index (κ3) is 7.68. The molecule has 1 atom stereocenters. The third-order valence-electron chi connectivity index (χ3n) is 5.97. The molecule has 4 aromatic carbocycles. The van der Waals surface area contributed by atoms with E-state index in [1.54, 1.807) is 51.1 Å². The number of amides is 2. The van der Waals surface area contributed by atoms with E-state index < -0.39 is 33.6 Å². The van der Waals surface area contributed by atoms with Crippen LogP contribution in [0, 0.1) is 0 Å². The molecule has 8 nitrogen and oxygen atoms in total. The Kier molecular flexibility index (Phi) is 8.86. The Bertz CT molecular complexity index is 1580. The van der Waals surface area contributed by atoms with Crippen LogP contribution in [0.25, 0.3) is 10.8 Å². The summed E-state index contributed by atoms with van der Waals surface area (Å²) in [6, 6.07) is 27.6. The molecule has 0 aliphatic heterocycles. The lowest BCUT2D eigenvalue weighted by Gasteiger charge is -2.22. The van der Waals surface area contributed by atoms with Gasteiger partial charge in [0.05, 0.1) is 4.90 Å². The number of rotatable bonds is 9. The number of alkyl carbamates (subject to hydrolysis) is 1. The fourth-order valence-electron chi connectivity index (χ4n) is 4.27. The van der Waals surface area contributed by atoms with Crippen molar-refractivity contribution in [2.75, 3.05) is 5.32 Å². The van der Waals surface area contributed by atoms with Crippen LogP contribution in [-0.2, 0) is 32.6 Å². The summed E-state index contributed by atoms with van der Waals surface area (Å²) in [7, 11) is -3.83. The molecule has 0 unspecified atom stereocenters. The zero-order valence-electron chi connectivity index (χ0n) is 22.7. The molecule has 3 N–H and O–H groups in total. The number of anilines is 1. The molecular formula is C31H33N3O5S. The lowest BCUT2D eigenvalue weighted by Crippen LogP contribution is -2.45. The Hall–Kier alpha value is -4.21. The molecule has 0 aliphatic carbocycles. The van der Waals surface area contributed by atoms with E-state index in [4.69, 9.17) is 4.74 Å². The molecule has 4 aromatic rings. The van der Waals surface area contributed by atoms with E-state index in [9.17, 15) is 18.0 Å². The van der Waals surface area contributed by atoms with Crippen LogP contribution in [0.2, 0.25) is 0 Å². The largest absolute Gasteiger partial charge is 0.445 e. The van der Waals surface area contributed by atoms with Gasteiger partial charge in [0, 0.05) is 28.4 Å². The average molecular weight is 560 g/mol. The Morgan fingerprint density at radius 2 is 1.38 bits per heavy atom. The maximum atomic E-state index is 13.5. The van der Waals surface area contributed by atoms with Crippen molar-refractivity contribution in [1.29, 1.82) is 0 Å². The lowest BCUT2D eigenvalue weighted by atomic mass is 10.0. The average Bonchev–Trinajstić information content (AvgIpc) is 2.91. The quantitative estimate of drug-likeness (QED) is 0.254. The highest BCUT2D eigenvalue weighted by Crippen LogP contribution is 2.29. The molecule has 0 saturated carbocycles. The fraction of sp³-hybridized carbons (Fsp3) is 0.226. The number of ether oxygens (including phenoxy) is 1. The first-order chi connectivity index (χ1) is 19.0. The van der Waals surface area contributed by atoms with Gasteiger partial charge >= 0.3 is 6.09 Å². The lowest BCUT2D eigenvalue weighted by molar-refractivity contribution is -0.118. The van der Waals surface area contributed by atoms with Crippen LogP contribution in [0.1, 0.15) is 31.9 Å². The third-order valence-corrected chi connectivity index (χ3v) is 7.79. The van der Waals surface area contributed by atoms with Gasteiger partial charge in [-0.1, -0.05) is 84.9 Å². The second kappa shape index (κ2) is 12.3. The highest BCUT2D eigenvalue weighted by molar-refractivity contribution is 7.89. The van der Waals surface area contributed by atoms with Crippen molar-refractivity contribution in [3.05, 3.63) is 108 Å². The molecule has 0 aliphatic rings. The molecule has 9 heteroatoms. The maximum absolute atomic E-state index is 13.5. The highest BCUT2D eigenvalue weighted by Gasteiger charge is 2.26. The molecule has 0 spiro atoms. The monoisotopic (exact) mass is 559 g/mol. The molecule has 0 bridgehead atoms. The van der Waals surface area contributed by atoms with Crippen LogP contribution in [0.3, 0.4) is 0 Å². The van der Waals surface area contributed by atoms with Gasteiger partial charge in [0.15, 0.2) is 0 Å². The number of nitrogens with one attached hydrogen (secondary N) is 3. The Morgan fingerprint density at radius 1 is 0.775 bits per heavy atom. The van der Waals surface area contributed by atoms with Gasteiger partial charge in [0.1, 0.15) is 12.6 Å². The zero-order chi connectivity index (χ0) is 28.8. The molecule has 0 fully saturated rings. The Labute approximate surface area is 234 Å². The van der Waals surface area contributed by atoms with Crippen LogP contribution in [-0.4, -0.2) is 32.0 Å². The molecule has 208 valence electrons. The maximum Gasteiger partial charge on any atom is 0.408 e. The number of carbonyl (C=O) groups excluding carboxylic acids is 2. The van der Waals surface area contributed by atoms with E-state index in [1.165, 1.54) is 6.07 Å². The van der Waals surface area contributed by atoms with Gasteiger partial charge in [-0.15, -0.1) is 0 Å². The van der Waals surface area contributed by atoms with Crippen molar-refractivity contribution < 1.29 is 22.7 Å². The van der Waals surface area contributed by atoms with Crippen molar-refractivity contribution in [2.24, 2.45) is 0 Å². The van der Waals surface area contributed by atoms with Gasteiger partial charge in [0.25, 0.3) is 0 Å². The van der Waals surface area contributed by atoms with Crippen molar-refractivity contribution in [1.82, 2.24) is 10.0 Å². The van der Waals surface area contributed by atoms with Gasteiger partial charge < -0.3 is 15.4 Å². The summed E-state index contributed by atoms with van der Waals surface area (Å²) >= 11 is 0. The summed E-state index contributed by atoms with van der Waals surface area (Å²) < 4.78 is 34.3.